The number of nitrogens with one attached hydrogen (secondary N) is 1. The van der Waals surface area contributed by atoms with Crippen molar-refractivity contribution in [1.29, 1.82) is 0 Å². The van der Waals surface area contributed by atoms with Crippen molar-refractivity contribution in [3.63, 3.8) is 0 Å². The number of hydrogen-bond donors (Lipinski definition) is 1. The molecule has 1 rings (SSSR count). The highest BCUT2D eigenvalue weighted by Crippen LogP contribution is 2.20. The van der Waals surface area contributed by atoms with Crippen LogP contribution < -0.4 is 5.32 Å². The summed E-state index contributed by atoms with van der Waals surface area (Å²) in [5.74, 6) is -2.18. The molecule has 0 aliphatic rings. The lowest BCUT2D eigenvalue weighted by atomic mass is 10.0. The first-order valence-corrected chi connectivity index (χ1v) is 5.63. The van der Waals surface area contributed by atoms with Crippen molar-refractivity contribution in [2.24, 2.45) is 0 Å². The molecule has 0 heterocycles. The summed E-state index contributed by atoms with van der Waals surface area (Å²) in [5, 5.41) is 13.2. The van der Waals surface area contributed by atoms with Gasteiger partial charge in [0.15, 0.2) is 5.78 Å². The molecule has 20 heavy (non-hydrogen) atoms. The van der Waals surface area contributed by atoms with Crippen LogP contribution in [0.3, 0.4) is 0 Å². The highest BCUT2D eigenvalue weighted by Gasteiger charge is 2.24. The molecule has 0 bridgehead atoms. The fourth-order valence-corrected chi connectivity index (χ4v) is 1.58. The minimum Gasteiger partial charge on any atom is -0.469 e. The number of rotatable bonds is 6. The van der Waals surface area contributed by atoms with Gasteiger partial charge in [0.1, 0.15) is 0 Å². The number of Topliss-reactive ketones (excluding diaryl/α,β-unsaturated/α-hetero) is 1. The van der Waals surface area contributed by atoms with Gasteiger partial charge in [0.25, 0.3) is 0 Å². The molecule has 0 radical (unpaired) electrons. The molecule has 0 spiro atoms. The second kappa shape index (κ2) is 6.71. The zero-order valence-electron chi connectivity index (χ0n) is 10.9. The number of likely N-dealkylation sites (N-methyl/N-ethyl adjacent to an activating group) is 1. The second-order valence-electron chi connectivity index (χ2n) is 3.91. The van der Waals surface area contributed by atoms with Crippen LogP contribution in [0.4, 0.5) is 10.1 Å². The fraction of sp³-hybridized carbons (Fsp3) is 0.333. The number of nitro benzene ring substituents is 1. The van der Waals surface area contributed by atoms with Gasteiger partial charge in [0, 0.05) is 11.6 Å². The van der Waals surface area contributed by atoms with E-state index in [2.05, 4.69) is 10.1 Å². The summed E-state index contributed by atoms with van der Waals surface area (Å²) in [5.41, 5.74) is -0.842. The van der Waals surface area contributed by atoms with E-state index in [1.54, 1.807) is 0 Å². The molecule has 1 unspecified atom stereocenters. The number of ketones is 1. The van der Waals surface area contributed by atoms with Crippen LogP contribution in [-0.4, -0.2) is 36.9 Å². The van der Waals surface area contributed by atoms with Crippen molar-refractivity contribution in [3.8, 4) is 0 Å². The SMILES string of the molecule is CNC(CC(=O)OC)C(=O)c1ccc(F)c([N+](=O)[O-])c1. The maximum absolute atomic E-state index is 13.2. The van der Waals surface area contributed by atoms with Crippen LogP contribution in [0.2, 0.25) is 0 Å². The van der Waals surface area contributed by atoms with Gasteiger partial charge in [-0.3, -0.25) is 19.7 Å². The van der Waals surface area contributed by atoms with Gasteiger partial charge in [0.2, 0.25) is 5.82 Å². The van der Waals surface area contributed by atoms with E-state index < -0.39 is 34.2 Å². The highest BCUT2D eigenvalue weighted by molar-refractivity contribution is 6.02. The lowest BCUT2D eigenvalue weighted by molar-refractivity contribution is -0.387. The summed E-state index contributed by atoms with van der Waals surface area (Å²) in [6, 6.07) is 1.93. The van der Waals surface area contributed by atoms with Crippen molar-refractivity contribution in [2.45, 2.75) is 12.5 Å². The van der Waals surface area contributed by atoms with Gasteiger partial charge in [-0.05, 0) is 19.2 Å². The summed E-state index contributed by atoms with van der Waals surface area (Å²) in [7, 11) is 2.64. The molecule has 1 N–H and O–H groups in total. The Morgan fingerprint density at radius 1 is 1.50 bits per heavy atom. The first kappa shape index (κ1) is 15.7. The number of hydrogen-bond acceptors (Lipinski definition) is 6. The van der Waals surface area contributed by atoms with E-state index in [4.69, 9.17) is 0 Å². The Balaban J connectivity index is 3.04. The van der Waals surface area contributed by atoms with E-state index in [1.165, 1.54) is 14.2 Å². The molecule has 0 amide bonds. The standard InChI is InChI=1S/C12H13FN2O5/c1-14-9(6-11(16)20-2)12(17)7-3-4-8(13)10(5-7)15(18)19/h3-5,9,14H,6H2,1-2H3. The quantitative estimate of drug-likeness (QED) is 0.363. The number of carbonyl (C=O) groups excluding carboxylic acids is 2. The van der Waals surface area contributed by atoms with E-state index in [-0.39, 0.29) is 12.0 Å². The van der Waals surface area contributed by atoms with Gasteiger partial charge >= 0.3 is 11.7 Å². The minimum atomic E-state index is -1.03. The molecular weight excluding hydrogens is 271 g/mol. The normalized spacial score (nSPS) is 11.8. The molecule has 1 aromatic rings. The lowest BCUT2D eigenvalue weighted by Gasteiger charge is -2.13. The molecule has 0 saturated heterocycles. The molecule has 0 aliphatic carbocycles. The number of carbonyl (C=O) groups is 2. The Kier molecular flexibility index (Phi) is 5.27. The zero-order chi connectivity index (χ0) is 15.3. The zero-order valence-corrected chi connectivity index (χ0v) is 10.9. The van der Waals surface area contributed by atoms with Crippen LogP contribution in [-0.2, 0) is 9.53 Å². The Morgan fingerprint density at radius 2 is 2.15 bits per heavy atom. The molecule has 1 aromatic carbocycles. The number of methoxy groups -OCH3 is 1. The third kappa shape index (κ3) is 3.58. The molecule has 1 atom stereocenters. The Bertz CT molecular complexity index is 547. The van der Waals surface area contributed by atoms with Crippen molar-refractivity contribution in [1.82, 2.24) is 5.32 Å². The van der Waals surface area contributed by atoms with Gasteiger partial charge < -0.3 is 10.1 Å². The molecule has 108 valence electrons. The monoisotopic (exact) mass is 284 g/mol. The van der Waals surface area contributed by atoms with E-state index >= 15 is 0 Å². The fourth-order valence-electron chi connectivity index (χ4n) is 1.58. The number of benzene rings is 1. The molecule has 8 heteroatoms. The maximum atomic E-state index is 13.2. The van der Waals surface area contributed by atoms with Gasteiger partial charge in [0.05, 0.1) is 24.5 Å². The summed E-state index contributed by atoms with van der Waals surface area (Å²) in [4.78, 5) is 33.0. The van der Waals surface area contributed by atoms with Crippen LogP contribution in [0.25, 0.3) is 0 Å². The molecule has 0 fully saturated rings. The Labute approximate surface area is 113 Å². The summed E-state index contributed by atoms with van der Waals surface area (Å²) in [6.45, 7) is 0. The third-order valence-corrected chi connectivity index (χ3v) is 2.69. The molecule has 0 aromatic heterocycles. The number of esters is 1. The summed E-state index contributed by atoms with van der Waals surface area (Å²) < 4.78 is 17.6. The molecule has 0 aliphatic heterocycles. The van der Waals surface area contributed by atoms with E-state index in [0.29, 0.717) is 0 Å². The minimum absolute atomic E-state index is 0.0543. The number of nitro groups is 1. The van der Waals surface area contributed by atoms with Gasteiger partial charge in [-0.1, -0.05) is 0 Å². The van der Waals surface area contributed by atoms with Crippen molar-refractivity contribution >= 4 is 17.4 Å². The van der Waals surface area contributed by atoms with Crippen molar-refractivity contribution < 1.29 is 23.6 Å². The highest BCUT2D eigenvalue weighted by atomic mass is 19.1. The van der Waals surface area contributed by atoms with Crippen LogP contribution in [0, 0.1) is 15.9 Å². The van der Waals surface area contributed by atoms with Crippen LogP contribution >= 0.6 is 0 Å². The summed E-state index contributed by atoms with van der Waals surface area (Å²) >= 11 is 0. The van der Waals surface area contributed by atoms with Gasteiger partial charge in [-0.15, -0.1) is 0 Å². The first-order chi connectivity index (χ1) is 9.40. The number of halogens is 1. The first-order valence-electron chi connectivity index (χ1n) is 5.63. The number of ether oxygens (including phenoxy) is 1. The largest absolute Gasteiger partial charge is 0.469 e. The molecule has 7 nitrogen and oxygen atoms in total. The molecular formula is C12H13FN2O5. The van der Waals surface area contributed by atoms with Gasteiger partial charge in [-0.25, -0.2) is 0 Å². The average molecular weight is 284 g/mol. The Morgan fingerprint density at radius 3 is 2.65 bits per heavy atom. The molecule has 0 saturated carbocycles. The lowest BCUT2D eigenvalue weighted by Crippen LogP contribution is -2.36. The summed E-state index contributed by atoms with van der Waals surface area (Å²) in [6.07, 6.45) is -0.225. The predicted molar refractivity (Wildman–Crippen MR) is 66.9 cm³/mol. The second-order valence-corrected chi connectivity index (χ2v) is 3.91. The van der Waals surface area contributed by atoms with Crippen LogP contribution in [0.15, 0.2) is 18.2 Å². The van der Waals surface area contributed by atoms with Crippen molar-refractivity contribution in [2.75, 3.05) is 14.2 Å². The maximum Gasteiger partial charge on any atom is 0.307 e. The van der Waals surface area contributed by atoms with E-state index in [0.717, 1.165) is 18.2 Å². The predicted octanol–water partition coefficient (Wildman–Crippen LogP) is 1.07. The van der Waals surface area contributed by atoms with E-state index in [1.807, 2.05) is 0 Å². The number of nitrogens with zero attached hydrogens (tertiary/aromatic N) is 1. The topological polar surface area (TPSA) is 98.5 Å². The van der Waals surface area contributed by atoms with E-state index in [9.17, 15) is 24.1 Å². The van der Waals surface area contributed by atoms with Crippen molar-refractivity contribution in [3.05, 3.63) is 39.7 Å². The Hall–Kier alpha value is -2.35. The van der Waals surface area contributed by atoms with Gasteiger partial charge in [-0.2, -0.15) is 4.39 Å². The average Bonchev–Trinajstić information content (AvgIpc) is 2.43. The van der Waals surface area contributed by atoms with Crippen LogP contribution in [0.1, 0.15) is 16.8 Å². The third-order valence-electron chi connectivity index (χ3n) is 2.69. The van der Waals surface area contributed by atoms with Crippen LogP contribution in [0.5, 0.6) is 0 Å². The smallest absolute Gasteiger partial charge is 0.307 e.